The van der Waals surface area contributed by atoms with Crippen molar-refractivity contribution in [3.05, 3.63) is 61.7 Å². The molecule has 5 heterocycles. The van der Waals surface area contributed by atoms with E-state index < -0.39 is 23.2 Å². The van der Waals surface area contributed by atoms with Crippen LogP contribution in [0.3, 0.4) is 0 Å². The van der Waals surface area contributed by atoms with Gasteiger partial charge in [-0.15, -0.1) is 0 Å². The van der Waals surface area contributed by atoms with Crippen molar-refractivity contribution >= 4 is 16.9 Å². The third kappa shape index (κ3) is 2.87. The van der Waals surface area contributed by atoms with Gasteiger partial charge < -0.3 is 19.5 Å². The van der Waals surface area contributed by atoms with Gasteiger partial charge in [-0.05, 0) is 62.3 Å². The molecule has 9 heteroatoms. The average molecular weight is 520 g/mol. The third-order valence-electron chi connectivity index (χ3n) is 9.57. The molecule has 3 aromatic rings. The van der Waals surface area contributed by atoms with Crippen LogP contribution in [0.25, 0.3) is 22.3 Å². The number of hydrogen-bond acceptors (Lipinski definition) is 7. The molecule has 2 aromatic heterocycles. The first-order valence-electron chi connectivity index (χ1n) is 13.3. The number of likely N-dealkylation sites (tertiary alicyclic amines) is 1. The van der Waals surface area contributed by atoms with E-state index in [4.69, 9.17) is 9.72 Å². The number of cyclic esters (lactones) is 1. The van der Waals surface area contributed by atoms with Gasteiger partial charge in [0.2, 0.25) is 0 Å². The Kier molecular flexibility index (Phi) is 4.86. The number of rotatable bonds is 2. The highest BCUT2D eigenvalue weighted by Crippen LogP contribution is 2.50. The molecule has 1 aliphatic carbocycles. The van der Waals surface area contributed by atoms with Crippen LogP contribution < -0.4 is 5.56 Å². The number of aryl methyl sites for hydroxylation is 1. The predicted molar refractivity (Wildman–Crippen MR) is 137 cm³/mol. The van der Waals surface area contributed by atoms with Gasteiger partial charge >= 0.3 is 5.97 Å². The zero-order chi connectivity index (χ0) is 26.7. The van der Waals surface area contributed by atoms with Gasteiger partial charge in [-0.3, -0.25) is 9.69 Å². The van der Waals surface area contributed by atoms with E-state index in [2.05, 4.69) is 11.8 Å². The Labute approximate surface area is 218 Å². The molecule has 4 aliphatic rings. The average Bonchev–Trinajstić information content (AvgIpc) is 3.50. The molecule has 1 fully saturated rings. The van der Waals surface area contributed by atoms with Gasteiger partial charge in [0, 0.05) is 41.2 Å². The molecule has 7 rings (SSSR count). The summed E-state index contributed by atoms with van der Waals surface area (Å²) in [7, 11) is 0. The Balaban J connectivity index is 1.55. The van der Waals surface area contributed by atoms with Crippen molar-refractivity contribution in [1.29, 1.82) is 0 Å². The van der Waals surface area contributed by atoms with Crippen molar-refractivity contribution in [2.45, 2.75) is 76.9 Å². The summed E-state index contributed by atoms with van der Waals surface area (Å²) in [5, 5.41) is 22.5. The fourth-order valence-electron chi connectivity index (χ4n) is 7.29. The molecule has 0 radical (unpaired) electrons. The van der Waals surface area contributed by atoms with Crippen LogP contribution in [0.2, 0.25) is 0 Å². The summed E-state index contributed by atoms with van der Waals surface area (Å²) in [5.41, 5.74) is 3.01. The zero-order valence-electron chi connectivity index (χ0n) is 21.7. The van der Waals surface area contributed by atoms with Gasteiger partial charge in [-0.25, -0.2) is 14.2 Å². The number of benzene rings is 1. The van der Waals surface area contributed by atoms with Crippen LogP contribution in [0.15, 0.2) is 16.9 Å². The van der Waals surface area contributed by atoms with Gasteiger partial charge in [0.1, 0.15) is 12.4 Å². The molecule has 1 aromatic carbocycles. The Morgan fingerprint density at radius 3 is 2.74 bits per heavy atom. The van der Waals surface area contributed by atoms with Crippen molar-refractivity contribution in [2.75, 3.05) is 13.1 Å². The summed E-state index contributed by atoms with van der Waals surface area (Å²) >= 11 is 0. The predicted octanol–water partition coefficient (Wildman–Crippen LogP) is 2.76. The highest BCUT2D eigenvalue weighted by atomic mass is 19.1. The molecule has 0 spiro atoms. The Morgan fingerprint density at radius 2 is 2.03 bits per heavy atom. The molecule has 8 nitrogen and oxygen atoms in total. The second-order valence-corrected chi connectivity index (χ2v) is 11.4. The van der Waals surface area contributed by atoms with E-state index in [9.17, 15) is 19.8 Å². The fraction of sp³-hybridized carbons (Fsp3) is 0.483. The SMILES string of the molecule is CC[C@@]1(O)C(=O)OCc2c1cc1n(c2=O)Cc2c-1nc1cc(F)c(C)c3c1c2[C@@](C)(N1CC[C@H](O)C1)CC3. The van der Waals surface area contributed by atoms with E-state index in [0.29, 0.717) is 41.9 Å². The number of hydrogen-bond donors (Lipinski definition) is 2. The number of β-amino-alcohol motifs (C(OH)–C–C–N with tert-alkyl or cyclic N) is 1. The van der Waals surface area contributed by atoms with Crippen LogP contribution in [0.5, 0.6) is 0 Å². The minimum atomic E-state index is -1.91. The van der Waals surface area contributed by atoms with Crippen molar-refractivity contribution < 1.29 is 24.1 Å². The highest BCUT2D eigenvalue weighted by molar-refractivity contribution is 5.93. The Morgan fingerprint density at radius 1 is 1.24 bits per heavy atom. The minimum Gasteiger partial charge on any atom is -0.458 e. The smallest absolute Gasteiger partial charge is 0.343 e. The van der Waals surface area contributed by atoms with E-state index in [1.807, 2.05) is 0 Å². The minimum absolute atomic E-state index is 0.0637. The number of fused-ring (bicyclic) bond motifs is 5. The van der Waals surface area contributed by atoms with Gasteiger partial charge in [0.05, 0.1) is 35.1 Å². The number of carbonyl (C=O) groups excluding carboxylic acids is 1. The van der Waals surface area contributed by atoms with E-state index in [1.54, 1.807) is 24.5 Å². The number of carbonyl (C=O) groups is 1. The van der Waals surface area contributed by atoms with E-state index >= 15 is 4.39 Å². The molecular weight excluding hydrogens is 489 g/mol. The molecule has 0 amide bonds. The molecule has 3 aliphatic heterocycles. The molecule has 3 atom stereocenters. The van der Waals surface area contributed by atoms with Crippen molar-refractivity contribution in [1.82, 2.24) is 14.5 Å². The first-order chi connectivity index (χ1) is 18.1. The number of aliphatic hydroxyl groups is 2. The van der Waals surface area contributed by atoms with Crippen LogP contribution in [0.1, 0.15) is 66.5 Å². The number of esters is 1. The quantitative estimate of drug-likeness (QED) is 0.393. The first-order valence-corrected chi connectivity index (χ1v) is 13.3. The van der Waals surface area contributed by atoms with Crippen LogP contribution in [0, 0.1) is 12.7 Å². The fourth-order valence-corrected chi connectivity index (χ4v) is 7.29. The molecule has 0 unspecified atom stereocenters. The van der Waals surface area contributed by atoms with Crippen molar-refractivity contribution in [3.8, 4) is 11.4 Å². The maximum atomic E-state index is 15.1. The molecule has 198 valence electrons. The Hall–Kier alpha value is -3.14. The summed E-state index contributed by atoms with van der Waals surface area (Å²) in [4.78, 5) is 33.5. The lowest BCUT2D eigenvalue weighted by molar-refractivity contribution is -0.172. The van der Waals surface area contributed by atoms with Crippen LogP contribution >= 0.6 is 0 Å². The molecular formula is C29H30FN3O5. The van der Waals surface area contributed by atoms with Crippen molar-refractivity contribution in [3.63, 3.8) is 0 Å². The summed E-state index contributed by atoms with van der Waals surface area (Å²) < 4.78 is 21.9. The van der Waals surface area contributed by atoms with Crippen LogP contribution in [-0.2, 0) is 40.2 Å². The highest BCUT2D eigenvalue weighted by Gasteiger charge is 2.48. The second-order valence-electron chi connectivity index (χ2n) is 11.4. The normalized spacial score (nSPS) is 27.8. The van der Waals surface area contributed by atoms with Gasteiger partial charge in [-0.2, -0.15) is 0 Å². The number of pyridine rings is 2. The van der Waals surface area contributed by atoms with Crippen LogP contribution in [-0.4, -0.2) is 49.8 Å². The van der Waals surface area contributed by atoms with E-state index in [1.165, 1.54) is 6.07 Å². The maximum absolute atomic E-state index is 15.1. The molecule has 38 heavy (non-hydrogen) atoms. The summed E-state index contributed by atoms with van der Waals surface area (Å²) in [6.45, 7) is 7.06. The number of aromatic nitrogens is 2. The third-order valence-corrected chi connectivity index (χ3v) is 9.57. The summed E-state index contributed by atoms with van der Waals surface area (Å²) in [6.07, 6.45) is 1.80. The van der Waals surface area contributed by atoms with E-state index in [0.717, 1.165) is 35.0 Å². The second kappa shape index (κ2) is 7.71. The van der Waals surface area contributed by atoms with Gasteiger partial charge in [-0.1, -0.05) is 6.92 Å². The lowest BCUT2D eigenvalue weighted by Gasteiger charge is -2.44. The molecule has 0 saturated carbocycles. The monoisotopic (exact) mass is 519 g/mol. The standard InChI is InChI=1S/C29H30FN3O5/c1-4-29(37)19-9-22-25-17(12-33(22)26(35)18(19)13-38-27(29)36)24-23-16(14(2)20(30)10-21(23)31-25)5-7-28(24,3)32-8-6-15(34)11-32/h9-10,15,34,37H,4-8,11-13H2,1-3H3/t15-,28-,29-/m0/s1. The van der Waals surface area contributed by atoms with Gasteiger partial charge in [0.15, 0.2) is 5.60 Å². The lowest BCUT2D eigenvalue weighted by atomic mass is 9.73. The number of halogens is 1. The molecule has 0 bridgehead atoms. The number of aliphatic hydroxyl groups excluding tert-OH is 1. The topological polar surface area (TPSA) is 105 Å². The summed E-state index contributed by atoms with van der Waals surface area (Å²) in [5.74, 6) is -1.07. The van der Waals surface area contributed by atoms with E-state index in [-0.39, 0.29) is 42.1 Å². The number of ether oxygens (including phenoxy) is 1. The first kappa shape index (κ1) is 23.9. The summed E-state index contributed by atoms with van der Waals surface area (Å²) in [6, 6.07) is 3.17. The molecule has 1 saturated heterocycles. The lowest BCUT2D eigenvalue weighted by Crippen LogP contribution is -2.46. The largest absolute Gasteiger partial charge is 0.458 e. The molecule has 2 N–H and O–H groups in total. The van der Waals surface area contributed by atoms with Crippen molar-refractivity contribution in [2.24, 2.45) is 0 Å². The Bertz CT molecular complexity index is 1650. The maximum Gasteiger partial charge on any atom is 0.343 e. The zero-order valence-corrected chi connectivity index (χ0v) is 21.7. The van der Waals surface area contributed by atoms with Crippen LogP contribution in [0.4, 0.5) is 4.39 Å². The van der Waals surface area contributed by atoms with Gasteiger partial charge in [0.25, 0.3) is 5.56 Å². The number of nitrogens with zero attached hydrogens (tertiary/aromatic N) is 3.